The lowest BCUT2D eigenvalue weighted by molar-refractivity contribution is 0.279. The number of hydrogen-bond acceptors (Lipinski definition) is 3. The maximum absolute atomic E-state index is 5.89. The Kier molecular flexibility index (Phi) is 4.76. The number of aryl methyl sites for hydroxylation is 2. The Hall–Kier alpha value is -2.94. The number of pyridine rings is 1. The smallest absolute Gasteiger partial charge is 0.217 e. The first-order valence-corrected chi connectivity index (χ1v) is 9.75. The van der Waals surface area contributed by atoms with E-state index >= 15 is 0 Å². The van der Waals surface area contributed by atoms with Crippen molar-refractivity contribution in [3.8, 4) is 11.1 Å². The summed E-state index contributed by atoms with van der Waals surface area (Å²) in [6.45, 7) is 9.05. The molecule has 3 nitrogen and oxygen atoms in total. The second-order valence-electron chi connectivity index (χ2n) is 8.13. The Bertz CT molecular complexity index is 1010. The van der Waals surface area contributed by atoms with Crippen LogP contribution in [0.2, 0.25) is 0 Å². The van der Waals surface area contributed by atoms with Crippen molar-refractivity contribution in [3.63, 3.8) is 0 Å². The molecule has 0 aliphatic carbocycles. The molecule has 0 spiro atoms. The van der Waals surface area contributed by atoms with Crippen LogP contribution in [0.15, 0.2) is 65.8 Å². The molecule has 0 saturated carbocycles. The Morgan fingerprint density at radius 3 is 2.29 bits per heavy atom. The first kappa shape index (κ1) is 18.4. The molecule has 2 heterocycles. The highest BCUT2D eigenvalue weighted by Crippen LogP contribution is 2.29. The van der Waals surface area contributed by atoms with Gasteiger partial charge in [-0.3, -0.25) is 4.98 Å². The normalized spacial score (nSPS) is 15.2. The van der Waals surface area contributed by atoms with Gasteiger partial charge in [-0.1, -0.05) is 42.5 Å². The second-order valence-corrected chi connectivity index (χ2v) is 8.13. The Balaban J connectivity index is 1.64. The van der Waals surface area contributed by atoms with Gasteiger partial charge in [0.2, 0.25) is 5.90 Å². The number of aliphatic imine (C=N–C) groups is 1. The highest BCUT2D eigenvalue weighted by molar-refractivity contribution is 6.01. The van der Waals surface area contributed by atoms with Crippen molar-refractivity contribution in [3.05, 3.63) is 88.7 Å². The molecule has 3 heteroatoms. The summed E-state index contributed by atoms with van der Waals surface area (Å²) in [7, 11) is 0. The minimum atomic E-state index is -0.161. The van der Waals surface area contributed by atoms with Gasteiger partial charge in [0.05, 0.1) is 5.54 Å². The van der Waals surface area contributed by atoms with Gasteiger partial charge in [-0.15, -0.1) is 0 Å². The van der Waals surface area contributed by atoms with Gasteiger partial charge < -0.3 is 4.74 Å². The van der Waals surface area contributed by atoms with E-state index in [2.05, 4.69) is 81.2 Å². The molecule has 0 saturated heterocycles. The molecule has 0 bridgehead atoms. The average Bonchev–Trinajstić information content (AvgIpc) is 3.05. The van der Waals surface area contributed by atoms with Gasteiger partial charge in [-0.25, -0.2) is 4.99 Å². The SMILES string of the molecule is Cc1ccnc(C)c1Cc1ccc(-c2ccccc2C2=NC(C)(C)CO2)cc1. The largest absolute Gasteiger partial charge is 0.475 e. The summed E-state index contributed by atoms with van der Waals surface area (Å²) < 4.78 is 5.89. The number of hydrogen-bond donors (Lipinski definition) is 0. The zero-order valence-electron chi connectivity index (χ0n) is 17.0. The topological polar surface area (TPSA) is 34.5 Å². The fourth-order valence-electron chi connectivity index (χ4n) is 3.64. The Morgan fingerprint density at radius 2 is 1.64 bits per heavy atom. The van der Waals surface area contributed by atoms with Gasteiger partial charge in [-0.05, 0) is 74.1 Å². The van der Waals surface area contributed by atoms with E-state index in [4.69, 9.17) is 9.73 Å². The molecule has 2 aromatic carbocycles. The molecule has 0 N–H and O–H groups in total. The van der Waals surface area contributed by atoms with Crippen LogP contribution in [0.25, 0.3) is 11.1 Å². The van der Waals surface area contributed by atoms with Crippen LogP contribution in [0.1, 0.15) is 41.8 Å². The van der Waals surface area contributed by atoms with Crippen LogP contribution in [-0.2, 0) is 11.2 Å². The maximum atomic E-state index is 5.89. The average molecular weight is 370 g/mol. The third-order valence-electron chi connectivity index (χ3n) is 5.28. The molecule has 0 amide bonds. The zero-order chi connectivity index (χ0) is 19.7. The molecule has 0 unspecified atom stereocenters. The first-order valence-electron chi connectivity index (χ1n) is 9.75. The Morgan fingerprint density at radius 1 is 0.929 bits per heavy atom. The molecule has 1 aliphatic heterocycles. The highest BCUT2D eigenvalue weighted by atomic mass is 16.5. The predicted molar refractivity (Wildman–Crippen MR) is 115 cm³/mol. The molecule has 3 aromatic rings. The van der Waals surface area contributed by atoms with Crippen LogP contribution in [0.5, 0.6) is 0 Å². The minimum Gasteiger partial charge on any atom is -0.475 e. The van der Waals surface area contributed by atoms with E-state index in [1.165, 1.54) is 22.3 Å². The van der Waals surface area contributed by atoms with Gasteiger partial charge in [0.1, 0.15) is 6.61 Å². The van der Waals surface area contributed by atoms with E-state index in [1.807, 2.05) is 12.3 Å². The molecular formula is C25H26N2O. The molecular weight excluding hydrogens is 344 g/mol. The van der Waals surface area contributed by atoms with Crippen molar-refractivity contribution in [2.75, 3.05) is 6.61 Å². The summed E-state index contributed by atoms with van der Waals surface area (Å²) in [5, 5.41) is 0. The molecule has 0 fully saturated rings. The van der Waals surface area contributed by atoms with Crippen molar-refractivity contribution in [2.45, 2.75) is 39.7 Å². The summed E-state index contributed by atoms with van der Waals surface area (Å²) in [6.07, 6.45) is 2.78. The lowest BCUT2D eigenvalue weighted by Gasteiger charge is -2.12. The van der Waals surface area contributed by atoms with E-state index in [-0.39, 0.29) is 5.54 Å². The molecule has 4 rings (SSSR count). The molecule has 28 heavy (non-hydrogen) atoms. The van der Waals surface area contributed by atoms with Crippen molar-refractivity contribution in [1.29, 1.82) is 0 Å². The fourth-order valence-corrected chi connectivity index (χ4v) is 3.64. The summed E-state index contributed by atoms with van der Waals surface area (Å²) in [5.74, 6) is 0.742. The second kappa shape index (κ2) is 7.23. The van der Waals surface area contributed by atoms with Crippen LogP contribution in [0.3, 0.4) is 0 Å². The third-order valence-corrected chi connectivity index (χ3v) is 5.28. The standard InChI is InChI=1S/C25H26N2O/c1-17-13-14-26-18(2)23(17)15-19-9-11-20(12-10-19)21-7-5-6-8-22(21)24-27-25(3,4)16-28-24/h5-14H,15-16H2,1-4H3. The molecule has 0 radical (unpaired) electrons. The summed E-state index contributed by atoms with van der Waals surface area (Å²) in [5.41, 5.74) is 8.22. The van der Waals surface area contributed by atoms with Gasteiger partial charge >= 0.3 is 0 Å². The van der Waals surface area contributed by atoms with E-state index in [1.54, 1.807) is 0 Å². The summed E-state index contributed by atoms with van der Waals surface area (Å²) >= 11 is 0. The van der Waals surface area contributed by atoms with Crippen molar-refractivity contribution < 1.29 is 4.74 Å². The summed E-state index contributed by atoms with van der Waals surface area (Å²) in [4.78, 5) is 9.20. The molecule has 0 atom stereocenters. The number of aromatic nitrogens is 1. The fraction of sp³-hybridized carbons (Fsp3) is 0.280. The lowest BCUT2D eigenvalue weighted by Crippen LogP contribution is -2.17. The van der Waals surface area contributed by atoms with Crippen LogP contribution in [0.4, 0.5) is 0 Å². The number of rotatable bonds is 4. The van der Waals surface area contributed by atoms with Gasteiger partial charge in [-0.2, -0.15) is 0 Å². The van der Waals surface area contributed by atoms with Crippen LogP contribution >= 0.6 is 0 Å². The van der Waals surface area contributed by atoms with E-state index in [0.29, 0.717) is 6.61 Å². The lowest BCUT2D eigenvalue weighted by atomic mass is 9.95. The van der Waals surface area contributed by atoms with E-state index in [9.17, 15) is 0 Å². The molecule has 142 valence electrons. The van der Waals surface area contributed by atoms with Crippen LogP contribution < -0.4 is 0 Å². The predicted octanol–water partition coefficient (Wildman–Crippen LogP) is 5.51. The first-order chi connectivity index (χ1) is 13.4. The Labute approximate surface area is 167 Å². The van der Waals surface area contributed by atoms with Crippen molar-refractivity contribution >= 4 is 5.90 Å². The monoisotopic (exact) mass is 370 g/mol. The minimum absolute atomic E-state index is 0.161. The van der Waals surface area contributed by atoms with Gasteiger partial charge in [0.25, 0.3) is 0 Å². The number of nitrogens with zero attached hydrogens (tertiary/aromatic N) is 2. The van der Waals surface area contributed by atoms with Crippen LogP contribution in [0, 0.1) is 13.8 Å². The third kappa shape index (κ3) is 3.70. The van der Waals surface area contributed by atoms with Crippen molar-refractivity contribution in [2.24, 2.45) is 4.99 Å². The van der Waals surface area contributed by atoms with Gasteiger partial charge in [0, 0.05) is 17.5 Å². The quantitative estimate of drug-likeness (QED) is 0.607. The molecule has 1 aromatic heterocycles. The highest BCUT2D eigenvalue weighted by Gasteiger charge is 2.28. The summed E-state index contributed by atoms with van der Waals surface area (Å²) in [6, 6.07) is 19.2. The molecule has 1 aliphatic rings. The number of benzene rings is 2. The zero-order valence-corrected chi connectivity index (χ0v) is 17.0. The van der Waals surface area contributed by atoms with Crippen molar-refractivity contribution in [1.82, 2.24) is 4.98 Å². The van der Waals surface area contributed by atoms with E-state index in [0.717, 1.165) is 29.1 Å². The van der Waals surface area contributed by atoms with E-state index < -0.39 is 0 Å². The van der Waals surface area contributed by atoms with Crippen LogP contribution in [-0.4, -0.2) is 23.0 Å². The number of ether oxygens (including phenoxy) is 1. The van der Waals surface area contributed by atoms with Gasteiger partial charge in [0.15, 0.2) is 0 Å². The maximum Gasteiger partial charge on any atom is 0.217 e.